The minimum atomic E-state index is 0.503. The number of benzene rings is 2. The van der Waals surface area contributed by atoms with Gasteiger partial charge in [0.1, 0.15) is 5.82 Å². The molecular weight excluding hydrogens is 324 g/mol. The molecule has 6 heteroatoms. The molecule has 4 nitrogen and oxygen atoms in total. The highest BCUT2D eigenvalue weighted by Crippen LogP contribution is 2.23. The van der Waals surface area contributed by atoms with Crippen molar-refractivity contribution in [1.29, 1.82) is 0 Å². The Kier molecular flexibility index (Phi) is 4.95. The average Bonchev–Trinajstić information content (AvgIpc) is 3.00. The molecule has 0 radical (unpaired) electrons. The number of hydrogen-bond acceptors (Lipinski definition) is 6. The van der Waals surface area contributed by atoms with Crippen LogP contribution in [0.2, 0.25) is 0 Å². The van der Waals surface area contributed by atoms with Gasteiger partial charge in [0.2, 0.25) is 5.13 Å². The van der Waals surface area contributed by atoms with Gasteiger partial charge in [0.25, 0.3) is 0 Å². The Balaban J connectivity index is 1.73. The van der Waals surface area contributed by atoms with Gasteiger partial charge in [0, 0.05) is 10.3 Å². The predicted octanol–water partition coefficient (Wildman–Crippen LogP) is 4.56. The molecule has 0 atom stereocenters. The third-order valence-electron chi connectivity index (χ3n) is 3.21. The van der Waals surface area contributed by atoms with E-state index in [1.54, 1.807) is 23.4 Å². The fourth-order valence-electron chi connectivity index (χ4n) is 2.08. The topological polar surface area (TPSA) is 63.3 Å². The first kappa shape index (κ1) is 15.6. The summed E-state index contributed by atoms with van der Waals surface area (Å²) in [6.07, 6.45) is 3.85. The maximum absolute atomic E-state index is 5.57. The first-order valence-corrected chi connectivity index (χ1v) is 9.09. The van der Waals surface area contributed by atoms with E-state index in [1.165, 1.54) is 27.4 Å². The van der Waals surface area contributed by atoms with Crippen LogP contribution in [0.15, 0.2) is 63.9 Å². The molecule has 2 aromatic carbocycles. The minimum Gasteiger partial charge on any atom is -0.383 e. The van der Waals surface area contributed by atoms with Crippen molar-refractivity contribution in [3.05, 3.63) is 59.5 Å². The first-order chi connectivity index (χ1) is 11.2. The molecule has 3 N–H and O–H groups in total. The van der Waals surface area contributed by atoms with Gasteiger partial charge in [0.15, 0.2) is 0 Å². The summed E-state index contributed by atoms with van der Waals surface area (Å²) in [7, 11) is 0. The van der Waals surface area contributed by atoms with Gasteiger partial charge < -0.3 is 5.73 Å². The molecule has 0 aliphatic heterocycles. The van der Waals surface area contributed by atoms with Crippen molar-refractivity contribution in [3.63, 3.8) is 0 Å². The second-order valence-electron chi connectivity index (χ2n) is 4.80. The summed E-state index contributed by atoms with van der Waals surface area (Å²) in [5, 5.41) is 6.66. The third-order valence-corrected chi connectivity index (χ3v) is 4.71. The average molecular weight is 340 g/mol. The van der Waals surface area contributed by atoms with Crippen molar-refractivity contribution in [2.75, 3.05) is 17.4 Å². The van der Waals surface area contributed by atoms with E-state index in [0.29, 0.717) is 10.9 Å². The van der Waals surface area contributed by atoms with Crippen molar-refractivity contribution >= 4 is 40.3 Å². The standard InChI is InChI=1S/C17H16N4S2/c1-22-15-7-5-13(6-8-15)14-4-2-3-12(9-14)10-19-21-17-20-16(18)11-23-17/h2-11H,18H2,1H3,(H,20,21). The summed E-state index contributed by atoms with van der Waals surface area (Å²) in [6.45, 7) is 0. The van der Waals surface area contributed by atoms with Crippen LogP contribution in [0.3, 0.4) is 0 Å². The lowest BCUT2D eigenvalue weighted by atomic mass is 10.0. The van der Waals surface area contributed by atoms with Gasteiger partial charge in [0.05, 0.1) is 6.21 Å². The number of nitrogens with two attached hydrogens (primary N) is 1. The Hall–Kier alpha value is -2.31. The highest BCUT2D eigenvalue weighted by molar-refractivity contribution is 7.98. The second-order valence-corrected chi connectivity index (χ2v) is 6.54. The van der Waals surface area contributed by atoms with Crippen LogP contribution in [0, 0.1) is 0 Å². The molecule has 23 heavy (non-hydrogen) atoms. The van der Waals surface area contributed by atoms with Crippen molar-refractivity contribution in [3.8, 4) is 11.1 Å². The van der Waals surface area contributed by atoms with Gasteiger partial charge in [-0.1, -0.05) is 30.3 Å². The monoisotopic (exact) mass is 340 g/mol. The van der Waals surface area contributed by atoms with Crippen LogP contribution in [0.25, 0.3) is 11.1 Å². The summed E-state index contributed by atoms with van der Waals surface area (Å²) in [5.74, 6) is 0.503. The van der Waals surface area contributed by atoms with Gasteiger partial charge in [-0.3, -0.25) is 5.43 Å². The molecule has 0 spiro atoms. The molecule has 0 unspecified atom stereocenters. The molecule has 0 saturated carbocycles. The summed E-state index contributed by atoms with van der Waals surface area (Å²) >= 11 is 3.17. The largest absolute Gasteiger partial charge is 0.383 e. The molecule has 1 aromatic heterocycles. The molecule has 0 saturated heterocycles. The quantitative estimate of drug-likeness (QED) is 0.406. The van der Waals surface area contributed by atoms with Crippen molar-refractivity contribution in [1.82, 2.24) is 4.98 Å². The van der Waals surface area contributed by atoms with E-state index in [-0.39, 0.29) is 0 Å². The van der Waals surface area contributed by atoms with E-state index in [4.69, 9.17) is 5.73 Å². The molecule has 3 aromatic rings. The van der Waals surface area contributed by atoms with Crippen LogP contribution in [-0.2, 0) is 0 Å². The number of hydrazone groups is 1. The molecule has 0 bridgehead atoms. The smallest absolute Gasteiger partial charge is 0.205 e. The third kappa shape index (κ3) is 4.12. The fourth-order valence-corrected chi connectivity index (χ4v) is 3.04. The molecule has 116 valence electrons. The summed E-state index contributed by atoms with van der Waals surface area (Å²) in [6, 6.07) is 16.8. The van der Waals surface area contributed by atoms with Crippen LogP contribution < -0.4 is 11.2 Å². The minimum absolute atomic E-state index is 0.503. The van der Waals surface area contributed by atoms with Gasteiger partial charge in [-0.15, -0.1) is 23.1 Å². The van der Waals surface area contributed by atoms with E-state index in [2.05, 4.69) is 58.2 Å². The lowest BCUT2D eigenvalue weighted by Crippen LogP contribution is -1.91. The molecule has 3 rings (SSSR count). The van der Waals surface area contributed by atoms with Crippen LogP contribution in [0.1, 0.15) is 5.56 Å². The zero-order chi connectivity index (χ0) is 16.1. The molecule has 0 aliphatic carbocycles. The van der Waals surface area contributed by atoms with Crippen molar-refractivity contribution in [2.45, 2.75) is 4.90 Å². The Morgan fingerprint density at radius 1 is 1.17 bits per heavy atom. The Labute approximate surface area is 143 Å². The van der Waals surface area contributed by atoms with Crippen LogP contribution in [-0.4, -0.2) is 17.5 Å². The zero-order valence-electron chi connectivity index (χ0n) is 12.6. The molecule has 0 amide bonds. The SMILES string of the molecule is CSc1ccc(-c2cccc(C=NNc3nc(N)cs3)c2)cc1. The number of nitrogens with zero attached hydrogens (tertiary/aromatic N) is 2. The van der Waals surface area contributed by atoms with E-state index < -0.39 is 0 Å². The molecular formula is C17H16N4S2. The number of rotatable bonds is 5. The van der Waals surface area contributed by atoms with Gasteiger partial charge in [-0.2, -0.15) is 5.10 Å². The second kappa shape index (κ2) is 7.30. The highest BCUT2D eigenvalue weighted by Gasteiger charge is 1.99. The number of hydrogen-bond donors (Lipinski definition) is 2. The number of nitrogens with one attached hydrogen (secondary N) is 1. The van der Waals surface area contributed by atoms with Crippen molar-refractivity contribution < 1.29 is 0 Å². The molecule has 0 fully saturated rings. The van der Waals surface area contributed by atoms with Crippen molar-refractivity contribution in [2.24, 2.45) is 5.10 Å². The number of nitrogen functional groups attached to an aromatic ring is 1. The zero-order valence-corrected chi connectivity index (χ0v) is 14.2. The van der Waals surface area contributed by atoms with E-state index in [9.17, 15) is 0 Å². The highest BCUT2D eigenvalue weighted by atomic mass is 32.2. The number of aromatic nitrogens is 1. The maximum atomic E-state index is 5.57. The predicted molar refractivity (Wildman–Crippen MR) is 101 cm³/mol. The number of anilines is 2. The summed E-state index contributed by atoms with van der Waals surface area (Å²) in [5.41, 5.74) is 11.8. The van der Waals surface area contributed by atoms with E-state index >= 15 is 0 Å². The van der Waals surface area contributed by atoms with Crippen LogP contribution in [0.4, 0.5) is 10.9 Å². The van der Waals surface area contributed by atoms with Gasteiger partial charge >= 0.3 is 0 Å². The number of thiazole rings is 1. The molecule has 0 aliphatic rings. The molecule has 1 heterocycles. The van der Waals surface area contributed by atoms with E-state index in [1.807, 2.05) is 12.1 Å². The Morgan fingerprint density at radius 2 is 2.00 bits per heavy atom. The Morgan fingerprint density at radius 3 is 2.70 bits per heavy atom. The lowest BCUT2D eigenvalue weighted by molar-refractivity contribution is 1.29. The van der Waals surface area contributed by atoms with Gasteiger partial charge in [-0.05, 0) is 41.1 Å². The summed E-state index contributed by atoms with van der Waals surface area (Å²) in [4.78, 5) is 5.36. The van der Waals surface area contributed by atoms with E-state index in [0.717, 1.165) is 5.56 Å². The first-order valence-electron chi connectivity index (χ1n) is 6.99. The Bertz CT molecular complexity index is 809. The lowest BCUT2D eigenvalue weighted by Gasteiger charge is -2.04. The number of thioether (sulfide) groups is 1. The maximum Gasteiger partial charge on any atom is 0.205 e. The van der Waals surface area contributed by atoms with Gasteiger partial charge in [-0.25, -0.2) is 4.98 Å². The van der Waals surface area contributed by atoms with Crippen LogP contribution in [0.5, 0.6) is 0 Å². The van der Waals surface area contributed by atoms with Crippen LogP contribution >= 0.6 is 23.1 Å². The summed E-state index contributed by atoms with van der Waals surface area (Å²) < 4.78 is 0. The normalized spacial score (nSPS) is 11.0. The fraction of sp³-hybridized carbons (Fsp3) is 0.0588.